The molecule has 106 valence electrons. The summed E-state index contributed by atoms with van der Waals surface area (Å²) in [5, 5.41) is 7.81. The number of hydrogen-bond donors (Lipinski definition) is 2. The zero-order valence-electron chi connectivity index (χ0n) is 11.1. The number of carbonyl (C=O) groups is 1. The third-order valence-electron chi connectivity index (χ3n) is 2.79. The van der Waals surface area contributed by atoms with E-state index in [0.717, 1.165) is 11.6 Å². The molecule has 0 aliphatic heterocycles. The molecule has 0 aromatic carbocycles. The fourth-order valence-electron chi connectivity index (χ4n) is 1.76. The highest BCUT2D eigenvalue weighted by Gasteiger charge is 2.06. The molecule has 3 rings (SSSR count). The van der Waals surface area contributed by atoms with Crippen molar-refractivity contribution in [3.63, 3.8) is 0 Å². The summed E-state index contributed by atoms with van der Waals surface area (Å²) in [7, 11) is 0. The number of aromatic nitrogens is 1. The maximum atomic E-state index is 11.9. The molecule has 0 atom stereocenters. The number of nitrogens with zero attached hydrogens (tertiary/aromatic N) is 1. The summed E-state index contributed by atoms with van der Waals surface area (Å²) in [5.74, 6) is 1.44. The van der Waals surface area contributed by atoms with Crippen LogP contribution in [-0.2, 0) is 6.54 Å². The number of hydrogen-bond acceptors (Lipinski definition) is 5. The number of pyridine rings is 1. The van der Waals surface area contributed by atoms with Crippen molar-refractivity contribution in [2.24, 2.45) is 0 Å². The van der Waals surface area contributed by atoms with Crippen LogP contribution in [0.25, 0.3) is 0 Å². The molecule has 0 aliphatic rings. The quantitative estimate of drug-likeness (QED) is 0.755. The molecule has 3 aromatic rings. The van der Waals surface area contributed by atoms with E-state index < -0.39 is 0 Å². The van der Waals surface area contributed by atoms with Crippen molar-refractivity contribution in [2.45, 2.75) is 6.54 Å². The molecule has 3 aromatic heterocycles. The predicted molar refractivity (Wildman–Crippen MR) is 82.5 cm³/mol. The molecule has 5 nitrogen and oxygen atoms in total. The van der Waals surface area contributed by atoms with E-state index in [2.05, 4.69) is 15.6 Å². The lowest BCUT2D eigenvalue weighted by Crippen LogP contribution is -2.10. The van der Waals surface area contributed by atoms with Crippen molar-refractivity contribution < 1.29 is 9.21 Å². The van der Waals surface area contributed by atoms with Crippen molar-refractivity contribution in [3.8, 4) is 0 Å². The van der Waals surface area contributed by atoms with E-state index >= 15 is 0 Å². The number of furan rings is 1. The highest BCUT2D eigenvalue weighted by Crippen LogP contribution is 2.14. The lowest BCUT2D eigenvalue weighted by Gasteiger charge is -2.06. The van der Waals surface area contributed by atoms with Gasteiger partial charge in [0.25, 0.3) is 5.91 Å². The third kappa shape index (κ3) is 3.49. The van der Waals surface area contributed by atoms with Gasteiger partial charge in [0, 0.05) is 0 Å². The summed E-state index contributed by atoms with van der Waals surface area (Å²) in [6, 6.07) is 11.0. The van der Waals surface area contributed by atoms with Crippen molar-refractivity contribution in [1.29, 1.82) is 0 Å². The van der Waals surface area contributed by atoms with Gasteiger partial charge in [-0.05, 0) is 35.7 Å². The van der Waals surface area contributed by atoms with Gasteiger partial charge in [-0.1, -0.05) is 6.07 Å². The van der Waals surface area contributed by atoms with E-state index in [1.54, 1.807) is 18.5 Å². The Morgan fingerprint density at radius 2 is 2.19 bits per heavy atom. The van der Waals surface area contributed by atoms with Gasteiger partial charge >= 0.3 is 0 Å². The van der Waals surface area contributed by atoms with Gasteiger partial charge in [0.2, 0.25) is 0 Å². The van der Waals surface area contributed by atoms with Crippen LogP contribution < -0.4 is 10.6 Å². The first-order chi connectivity index (χ1) is 10.3. The summed E-state index contributed by atoms with van der Waals surface area (Å²) in [5.41, 5.74) is 0.664. The van der Waals surface area contributed by atoms with E-state index in [0.29, 0.717) is 17.1 Å². The summed E-state index contributed by atoms with van der Waals surface area (Å²) in [6.07, 6.45) is 3.25. The normalized spacial score (nSPS) is 10.3. The number of thiophene rings is 1. The minimum Gasteiger partial charge on any atom is -0.467 e. The largest absolute Gasteiger partial charge is 0.467 e. The second kappa shape index (κ2) is 6.23. The SMILES string of the molecule is O=C(Nc1ccc(NCc2ccco2)nc1)c1cccs1. The van der Waals surface area contributed by atoms with Crippen LogP contribution in [0, 0.1) is 0 Å². The smallest absolute Gasteiger partial charge is 0.265 e. The van der Waals surface area contributed by atoms with E-state index in [9.17, 15) is 4.79 Å². The van der Waals surface area contributed by atoms with Crippen LogP contribution >= 0.6 is 11.3 Å². The minimum absolute atomic E-state index is 0.122. The Balaban J connectivity index is 1.57. The van der Waals surface area contributed by atoms with Crippen LogP contribution in [0.4, 0.5) is 11.5 Å². The summed E-state index contributed by atoms with van der Waals surface area (Å²) >= 11 is 1.40. The average Bonchev–Trinajstić information content (AvgIpc) is 3.20. The van der Waals surface area contributed by atoms with E-state index in [1.807, 2.05) is 35.7 Å². The zero-order valence-corrected chi connectivity index (χ0v) is 11.9. The lowest BCUT2D eigenvalue weighted by molar-refractivity contribution is 0.103. The highest BCUT2D eigenvalue weighted by atomic mass is 32.1. The average molecular weight is 299 g/mol. The number of amides is 1. The molecule has 3 heterocycles. The monoisotopic (exact) mass is 299 g/mol. The Morgan fingerprint density at radius 1 is 1.24 bits per heavy atom. The molecule has 0 radical (unpaired) electrons. The summed E-state index contributed by atoms with van der Waals surface area (Å²) < 4.78 is 5.23. The topological polar surface area (TPSA) is 67.2 Å². The Morgan fingerprint density at radius 3 is 2.86 bits per heavy atom. The Kier molecular flexibility index (Phi) is 3.97. The molecule has 0 saturated carbocycles. The number of rotatable bonds is 5. The first-order valence-corrected chi connectivity index (χ1v) is 7.26. The summed E-state index contributed by atoms with van der Waals surface area (Å²) in [6.45, 7) is 0.570. The van der Waals surface area contributed by atoms with Gasteiger partial charge < -0.3 is 15.1 Å². The Hall–Kier alpha value is -2.60. The molecule has 2 N–H and O–H groups in total. The van der Waals surface area contributed by atoms with Crippen LogP contribution in [0.2, 0.25) is 0 Å². The zero-order chi connectivity index (χ0) is 14.5. The van der Waals surface area contributed by atoms with Crippen LogP contribution in [0.3, 0.4) is 0 Å². The van der Waals surface area contributed by atoms with Crippen LogP contribution in [0.15, 0.2) is 58.7 Å². The maximum Gasteiger partial charge on any atom is 0.265 e. The first-order valence-electron chi connectivity index (χ1n) is 6.38. The van der Waals surface area contributed by atoms with E-state index in [1.165, 1.54) is 11.3 Å². The standard InChI is InChI=1S/C15H13N3O2S/c19-15(13-4-2-8-21-13)18-11-5-6-14(16-9-11)17-10-12-3-1-7-20-12/h1-9H,10H2,(H,16,17)(H,18,19). The molecule has 21 heavy (non-hydrogen) atoms. The maximum absolute atomic E-state index is 11.9. The van der Waals surface area contributed by atoms with E-state index in [4.69, 9.17) is 4.42 Å². The van der Waals surface area contributed by atoms with Gasteiger partial charge in [-0.25, -0.2) is 4.98 Å². The molecular formula is C15H13N3O2S. The van der Waals surface area contributed by atoms with Crippen LogP contribution in [0.1, 0.15) is 15.4 Å². The molecule has 0 fully saturated rings. The van der Waals surface area contributed by atoms with E-state index in [-0.39, 0.29) is 5.91 Å². The lowest BCUT2D eigenvalue weighted by atomic mass is 10.3. The van der Waals surface area contributed by atoms with Crippen LogP contribution in [-0.4, -0.2) is 10.9 Å². The van der Waals surface area contributed by atoms with Gasteiger partial charge in [-0.2, -0.15) is 0 Å². The molecule has 0 unspecified atom stereocenters. The van der Waals surface area contributed by atoms with Crippen LogP contribution in [0.5, 0.6) is 0 Å². The van der Waals surface area contributed by atoms with Gasteiger partial charge in [0.1, 0.15) is 11.6 Å². The predicted octanol–water partition coefficient (Wildman–Crippen LogP) is 3.60. The molecular weight excluding hydrogens is 286 g/mol. The van der Waals surface area contributed by atoms with Gasteiger partial charge in [-0.15, -0.1) is 11.3 Å². The van der Waals surface area contributed by atoms with Gasteiger partial charge in [0.05, 0.1) is 29.6 Å². The summed E-state index contributed by atoms with van der Waals surface area (Å²) in [4.78, 5) is 16.8. The highest BCUT2D eigenvalue weighted by molar-refractivity contribution is 7.12. The second-order valence-corrected chi connectivity index (χ2v) is 5.24. The van der Waals surface area contributed by atoms with Gasteiger partial charge in [0.15, 0.2) is 0 Å². The number of carbonyl (C=O) groups excluding carboxylic acids is 1. The Labute approximate surface area is 125 Å². The third-order valence-corrected chi connectivity index (χ3v) is 3.66. The first kappa shape index (κ1) is 13.4. The Bertz CT molecular complexity index is 691. The van der Waals surface area contributed by atoms with Gasteiger partial charge in [-0.3, -0.25) is 4.79 Å². The van der Waals surface area contributed by atoms with Crippen molar-refractivity contribution >= 4 is 28.7 Å². The fourth-order valence-corrected chi connectivity index (χ4v) is 2.38. The molecule has 0 spiro atoms. The van der Waals surface area contributed by atoms with Crippen molar-refractivity contribution in [1.82, 2.24) is 4.98 Å². The molecule has 6 heteroatoms. The molecule has 0 bridgehead atoms. The van der Waals surface area contributed by atoms with Crippen molar-refractivity contribution in [3.05, 3.63) is 64.9 Å². The molecule has 0 aliphatic carbocycles. The number of anilines is 2. The fraction of sp³-hybridized carbons (Fsp3) is 0.0667. The molecule has 0 saturated heterocycles. The second-order valence-electron chi connectivity index (χ2n) is 4.30. The van der Waals surface area contributed by atoms with Crippen molar-refractivity contribution in [2.75, 3.05) is 10.6 Å². The molecule has 1 amide bonds. The number of nitrogens with one attached hydrogen (secondary N) is 2. The minimum atomic E-state index is -0.122.